The highest BCUT2D eigenvalue weighted by molar-refractivity contribution is 5.46. The van der Waals surface area contributed by atoms with Gasteiger partial charge < -0.3 is 30.6 Å². The molecule has 0 radical (unpaired) electrons. The van der Waals surface area contributed by atoms with Gasteiger partial charge in [0.25, 0.3) is 0 Å². The van der Waals surface area contributed by atoms with Gasteiger partial charge in [-0.2, -0.15) is 0 Å². The van der Waals surface area contributed by atoms with Crippen molar-refractivity contribution >= 4 is 0 Å². The van der Waals surface area contributed by atoms with Crippen molar-refractivity contribution in [3.8, 4) is 11.5 Å². The van der Waals surface area contributed by atoms with Gasteiger partial charge in [0.2, 0.25) is 0 Å². The molecule has 2 atom stereocenters. The topological polar surface area (TPSA) is 121 Å². The highest BCUT2D eigenvalue weighted by Crippen LogP contribution is 2.33. The van der Waals surface area contributed by atoms with Crippen molar-refractivity contribution in [1.82, 2.24) is 0 Å². The Balaban J connectivity index is 1.86. The minimum atomic E-state index is -0.300. The third kappa shape index (κ3) is 5.59. The maximum Gasteiger partial charge on any atom is 0.126 e. The maximum absolute atomic E-state index is 10.2. The zero-order valence-corrected chi connectivity index (χ0v) is 19.7. The first-order valence-electron chi connectivity index (χ1n) is 11.5. The molecule has 3 aromatic carbocycles. The van der Waals surface area contributed by atoms with Crippen molar-refractivity contribution in [3.63, 3.8) is 0 Å². The molecule has 0 saturated carbocycles. The SMILES string of the molecule is CC(Cc1ccccc1CC(C)c1cc(CO)c(O)c(CO)c1)c1cc(CO)c(O)c(CO)c1. The van der Waals surface area contributed by atoms with E-state index in [-0.39, 0.29) is 49.8 Å². The summed E-state index contributed by atoms with van der Waals surface area (Å²) < 4.78 is 0. The van der Waals surface area contributed by atoms with Crippen LogP contribution in [0.15, 0.2) is 48.5 Å². The molecule has 0 saturated heterocycles. The van der Waals surface area contributed by atoms with Gasteiger partial charge >= 0.3 is 0 Å². The van der Waals surface area contributed by atoms with E-state index < -0.39 is 0 Å². The van der Waals surface area contributed by atoms with Gasteiger partial charge in [0, 0.05) is 22.3 Å². The fourth-order valence-corrected chi connectivity index (χ4v) is 4.48. The highest BCUT2D eigenvalue weighted by atomic mass is 16.3. The lowest BCUT2D eigenvalue weighted by Crippen LogP contribution is -2.07. The lowest BCUT2D eigenvalue weighted by molar-refractivity contribution is 0.262. The van der Waals surface area contributed by atoms with Gasteiger partial charge in [-0.25, -0.2) is 0 Å². The van der Waals surface area contributed by atoms with Crippen LogP contribution in [0.4, 0.5) is 0 Å². The molecule has 2 unspecified atom stereocenters. The highest BCUT2D eigenvalue weighted by Gasteiger charge is 2.18. The van der Waals surface area contributed by atoms with Crippen LogP contribution >= 0.6 is 0 Å². The van der Waals surface area contributed by atoms with Crippen LogP contribution in [0.5, 0.6) is 11.5 Å². The van der Waals surface area contributed by atoms with Gasteiger partial charge in [0.1, 0.15) is 11.5 Å². The van der Waals surface area contributed by atoms with Crippen LogP contribution in [-0.4, -0.2) is 30.6 Å². The largest absolute Gasteiger partial charge is 0.507 e. The molecular formula is C28H34O6. The molecule has 34 heavy (non-hydrogen) atoms. The van der Waals surface area contributed by atoms with Crippen molar-refractivity contribution in [1.29, 1.82) is 0 Å². The summed E-state index contributed by atoms with van der Waals surface area (Å²) in [7, 11) is 0. The Hall–Kier alpha value is -2.90. The van der Waals surface area contributed by atoms with Gasteiger partial charge in [-0.05, 0) is 71.2 Å². The first kappa shape index (κ1) is 25.7. The number of aliphatic hydroxyl groups excluding tert-OH is 4. The summed E-state index contributed by atoms with van der Waals surface area (Å²) in [6.45, 7) is 2.96. The van der Waals surface area contributed by atoms with Crippen LogP contribution < -0.4 is 0 Å². The molecule has 0 heterocycles. The van der Waals surface area contributed by atoms with Crippen molar-refractivity contribution in [2.24, 2.45) is 0 Å². The molecule has 0 amide bonds. The van der Waals surface area contributed by atoms with E-state index in [1.807, 2.05) is 12.1 Å². The average Bonchev–Trinajstić information content (AvgIpc) is 2.85. The Bertz CT molecular complexity index is 985. The van der Waals surface area contributed by atoms with Gasteiger partial charge in [-0.1, -0.05) is 38.1 Å². The second kappa shape index (κ2) is 11.5. The molecule has 3 aromatic rings. The monoisotopic (exact) mass is 466 g/mol. The summed E-state index contributed by atoms with van der Waals surface area (Å²) in [5, 5.41) is 58.7. The van der Waals surface area contributed by atoms with Gasteiger partial charge in [-0.15, -0.1) is 0 Å². The summed E-state index contributed by atoms with van der Waals surface area (Å²) in [5.41, 5.74) is 5.84. The molecule has 0 aliphatic carbocycles. The molecule has 0 aliphatic rings. The number of aromatic hydroxyl groups is 2. The van der Waals surface area contributed by atoms with E-state index >= 15 is 0 Å². The average molecular weight is 467 g/mol. The Morgan fingerprint density at radius 3 is 1.09 bits per heavy atom. The van der Waals surface area contributed by atoms with E-state index in [0.717, 1.165) is 24.0 Å². The first-order chi connectivity index (χ1) is 16.3. The number of aliphatic hydroxyl groups is 4. The molecule has 6 nitrogen and oxygen atoms in total. The molecule has 0 bridgehead atoms. The quantitative estimate of drug-likeness (QED) is 0.271. The maximum atomic E-state index is 10.2. The summed E-state index contributed by atoms with van der Waals surface area (Å²) in [6, 6.07) is 15.3. The summed E-state index contributed by atoms with van der Waals surface area (Å²) in [6.07, 6.45) is 1.48. The van der Waals surface area contributed by atoms with Crippen LogP contribution in [0, 0.1) is 0 Å². The summed E-state index contributed by atoms with van der Waals surface area (Å²) in [5.74, 6) is 0.0498. The van der Waals surface area contributed by atoms with Crippen LogP contribution in [0.1, 0.15) is 70.2 Å². The molecular weight excluding hydrogens is 432 g/mol. The van der Waals surface area contributed by atoms with Crippen LogP contribution in [0.3, 0.4) is 0 Å². The van der Waals surface area contributed by atoms with Gasteiger partial charge in [0.15, 0.2) is 0 Å². The number of hydrogen-bond acceptors (Lipinski definition) is 6. The van der Waals surface area contributed by atoms with Crippen LogP contribution in [0.25, 0.3) is 0 Å². The smallest absolute Gasteiger partial charge is 0.126 e. The van der Waals surface area contributed by atoms with Crippen molar-refractivity contribution in [2.75, 3.05) is 0 Å². The van der Waals surface area contributed by atoms with Crippen molar-refractivity contribution < 1.29 is 30.6 Å². The Kier molecular flexibility index (Phi) is 8.69. The molecule has 3 rings (SSSR count). The fourth-order valence-electron chi connectivity index (χ4n) is 4.48. The van der Waals surface area contributed by atoms with E-state index in [0.29, 0.717) is 22.3 Å². The second-order valence-corrected chi connectivity index (χ2v) is 8.99. The predicted octanol–water partition coefficient (Wildman–Crippen LogP) is 3.76. The van der Waals surface area contributed by atoms with E-state index in [2.05, 4.69) is 26.0 Å². The fraction of sp³-hybridized carbons (Fsp3) is 0.357. The zero-order chi connectivity index (χ0) is 24.8. The lowest BCUT2D eigenvalue weighted by Gasteiger charge is -2.20. The van der Waals surface area contributed by atoms with Crippen molar-refractivity contribution in [2.45, 2.75) is 65.0 Å². The van der Waals surface area contributed by atoms with E-state index in [9.17, 15) is 30.6 Å². The summed E-state index contributed by atoms with van der Waals surface area (Å²) >= 11 is 0. The predicted molar refractivity (Wildman–Crippen MR) is 131 cm³/mol. The Labute approximate surface area is 200 Å². The van der Waals surface area contributed by atoms with Gasteiger partial charge in [-0.3, -0.25) is 0 Å². The third-order valence-corrected chi connectivity index (χ3v) is 6.57. The number of hydrogen-bond donors (Lipinski definition) is 6. The first-order valence-corrected chi connectivity index (χ1v) is 11.5. The van der Waals surface area contributed by atoms with Crippen molar-refractivity contribution in [3.05, 3.63) is 93.0 Å². The lowest BCUT2D eigenvalue weighted by atomic mass is 9.85. The van der Waals surface area contributed by atoms with E-state index in [1.54, 1.807) is 24.3 Å². The molecule has 182 valence electrons. The number of rotatable bonds is 10. The minimum absolute atomic E-state index is 0.0615. The van der Waals surface area contributed by atoms with E-state index in [1.165, 1.54) is 11.1 Å². The minimum Gasteiger partial charge on any atom is -0.507 e. The summed E-state index contributed by atoms with van der Waals surface area (Å²) in [4.78, 5) is 0. The molecule has 0 aliphatic heterocycles. The van der Waals surface area contributed by atoms with Crippen LogP contribution in [0.2, 0.25) is 0 Å². The number of benzene rings is 3. The molecule has 6 heteroatoms. The van der Waals surface area contributed by atoms with E-state index in [4.69, 9.17) is 0 Å². The zero-order valence-electron chi connectivity index (χ0n) is 19.7. The standard InChI is InChI=1S/C28H34O6/c1-17(21-9-23(13-29)27(33)24(10-21)14-30)7-19-5-3-4-6-20(19)8-18(2)22-11-25(15-31)28(34)26(12-22)16-32/h3-6,9-12,17-18,29-34H,7-8,13-16H2,1-2H3. The molecule has 6 N–H and O–H groups in total. The normalized spacial score (nSPS) is 13.1. The second-order valence-electron chi connectivity index (χ2n) is 8.99. The Morgan fingerprint density at radius 2 is 0.824 bits per heavy atom. The number of phenols is 2. The van der Waals surface area contributed by atoms with Crippen LogP contribution in [-0.2, 0) is 39.3 Å². The van der Waals surface area contributed by atoms with Gasteiger partial charge in [0.05, 0.1) is 26.4 Å². The third-order valence-electron chi connectivity index (χ3n) is 6.57. The molecule has 0 aromatic heterocycles. The Morgan fingerprint density at radius 1 is 0.529 bits per heavy atom. The molecule has 0 fully saturated rings. The molecule has 0 spiro atoms.